The minimum atomic E-state index is -0.558. The molecule has 0 radical (unpaired) electrons. The maximum atomic E-state index is 14.0. The van der Waals surface area contributed by atoms with E-state index >= 15 is 0 Å². The second kappa shape index (κ2) is 7.20. The van der Waals surface area contributed by atoms with Crippen LogP contribution >= 0.6 is 0 Å². The van der Waals surface area contributed by atoms with Gasteiger partial charge in [-0.1, -0.05) is 30.3 Å². The van der Waals surface area contributed by atoms with E-state index in [-0.39, 0.29) is 18.5 Å². The zero-order valence-corrected chi connectivity index (χ0v) is 15.5. The lowest BCUT2D eigenvalue weighted by atomic mass is 9.85. The summed E-state index contributed by atoms with van der Waals surface area (Å²) in [6, 6.07) is 14.3. The molecule has 2 aromatic carbocycles. The maximum Gasteiger partial charge on any atom is 0.240 e. The van der Waals surface area contributed by atoms with Crippen LogP contribution in [0.4, 0.5) is 4.39 Å². The van der Waals surface area contributed by atoms with Crippen LogP contribution in [0.3, 0.4) is 0 Å². The standard InChI is InChI=1S/C21H21FN4O/c1-14(15-7-9-16(10-8-15)21(2,3)12-23)25-19(27)11-26-13-24-18-6-4-5-17(22)20(18)26/h4-10,13-14H,11H2,1-3H3,(H,25,27). The fraction of sp³-hybridized carbons (Fsp3) is 0.286. The van der Waals surface area contributed by atoms with Crippen LogP contribution in [0.2, 0.25) is 0 Å². The predicted molar refractivity (Wildman–Crippen MR) is 101 cm³/mol. The number of hydrogen-bond acceptors (Lipinski definition) is 3. The monoisotopic (exact) mass is 364 g/mol. The molecule has 0 saturated heterocycles. The number of halogens is 1. The summed E-state index contributed by atoms with van der Waals surface area (Å²) in [7, 11) is 0. The number of amides is 1. The zero-order chi connectivity index (χ0) is 19.6. The van der Waals surface area contributed by atoms with Gasteiger partial charge in [0.1, 0.15) is 17.9 Å². The summed E-state index contributed by atoms with van der Waals surface area (Å²) in [6.07, 6.45) is 1.47. The molecular weight excluding hydrogens is 343 g/mol. The van der Waals surface area contributed by atoms with Crippen molar-refractivity contribution in [2.45, 2.75) is 38.8 Å². The van der Waals surface area contributed by atoms with Crippen LogP contribution in [0.5, 0.6) is 0 Å². The van der Waals surface area contributed by atoms with Gasteiger partial charge in [-0.05, 0) is 44.0 Å². The fourth-order valence-corrected chi connectivity index (χ4v) is 2.98. The van der Waals surface area contributed by atoms with Gasteiger partial charge in [0.2, 0.25) is 5.91 Å². The molecule has 0 bridgehead atoms. The molecule has 0 aliphatic carbocycles. The second-order valence-corrected chi connectivity index (χ2v) is 7.13. The number of carbonyl (C=O) groups is 1. The molecule has 5 nitrogen and oxygen atoms in total. The Balaban J connectivity index is 1.70. The molecule has 27 heavy (non-hydrogen) atoms. The smallest absolute Gasteiger partial charge is 0.240 e. The van der Waals surface area contributed by atoms with E-state index in [2.05, 4.69) is 16.4 Å². The minimum Gasteiger partial charge on any atom is -0.348 e. The van der Waals surface area contributed by atoms with Gasteiger partial charge in [-0.15, -0.1) is 0 Å². The van der Waals surface area contributed by atoms with Crippen LogP contribution in [0.1, 0.15) is 37.9 Å². The lowest BCUT2D eigenvalue weighted by Gasteiger charge is -2.19. The van der Waals surface area contributed by atoms with Crippen molar-refractivity contribution in [3.63, 3.8) is 0 Å². The minimum absolute atomic E-state index is 0.0126. The molecule has 1 atom stereocenters. The van der Waals surface area contributed by atoms with Gasteiger partial charge in [0.05, 0.1) is 29.4 Å². The molecule has 1 unspecified atom stereocenters. The number of rotatable bonds is 5. The molecule has 0 saturated carbocycles. The summed E-state index contributed by atoms with van der Waals surface area (Å²) >= 11 is 0. The highest BCUT2D eigenvalue weighted by Crippen LogP contribution is 2.24. The summed E-state index contributed by atoms with van der Waals surface area (Å²) in [5, 5.41) is 12.1. The number of nitrogens with one attached hydrogen (secondary N) is 1. The molecule has 1 N–H and O–H groups in total. The van der Waals surface area contributed by atoms with Crippen molar-refractivity contribution in [1.29, 1.82) is 5.26 Å². The lowest BCUT2D eigenvalue weighted by molar-refractivity contribution is -0.122. The van der Waals surface area contributed by atoms with E-state index in [0.29, 0.717) is 11.0 Å². The van der Waals surface area contributed by atoms with Crippen LogP contribution in [0.15, 0.2) is 48.8 Å². The largest absolute Gasteiger partial charge is 0.348 e. The first-order chi connectivity index (χ1) is 12.8. The van der Waals surface area contributed by atoms with Crippen molar-refractivity contribution in [3.05, 3.63) is 65.7 Å². The summed E-state index contributed by atoms with van der Waals surface area (Å²) < 4.78 is 15.5. The number of benzene rings is 2. The van der Waals surface area contributed by atoms with Crippen molar-refractivity contribution >= 4 is 16.9 Å². The van der Waals surface area contributed by atoms with Crippen molar-refractivity contribution in [3.8, 4) is 6.07 Å². The third kappa shape index (κ3) is 3.82. The van der Waals surface area contributed by atoms with Crippen LogP contribution in [0, 0.1) is 17.1 Å². The van der Waals surface area contributed by atoms with E-state index in [1.165, 1.54) is 17.0 Å². The molecule has 0 spiro atoms. The van der Waals surface area contributed by atoms with Gasteiger partial charge < -0.3 is 9.88 Å². The quantitative estimate of drug-likeness (QED) is 0.747. The molecule has 138 valence electrons. The number of para-hydroxylation sites is 1. The number of nitriles is 1. The Morgan fingerprint density at radius 1 is 1.30 bits per heavy atom. The number of fused-ring (bicyclic) bond motifs is 1. The number of imidazole rings is 1. The zero-order valence-electron chi connectivity index (χ0n) is 15.5. The molecular formula is C21H21FN4O. The van der Waals surface area contributed by atoms with E-state index in [0.717, 1.165) is 11.1 Å². The third-order valence-electron chi connectivity index (χ3n) is 4.69. The third-order valence-corrected chi connectivity index (χ3v) is 4.69. The normalized spacial score (nSPS) is 12.6. The Kier molecular flexibility index (Phi) is 4.95. The Hall–Kier alpha value is -3.20. The second-order valence-electron chi connectivity index (χ2n) is 7.13. The van der Waals surface area contributed by atoms with Gasteiger partial charge in [0.25, 0.3) is 0 Å². The van der Waals surface area contributed by atoms with Crippen LogP contribution in [0.25, 0.3) is 11.0 Å². The molecule has 1 heterocycles. The topological polar surface area (TPSA) is 70.7 Å². The van der Waals surface area contributed by atoms with Crippen molar-refractivity contribution in [1.82, 2.24) is 14.9 Å². The van der Waals surface area contributed by atoms with Gasteiger partial charge in [-0.3, -0.25) is 4.79 Å². The predicted octanol–water partition coefficient (Wildman–Crippen LogP) is 3.85. The van der Waals surface area contributed by atoms with Gasteiger partial charge >= 0.3 is 0 Å². The van der Waals surface area contributed by atoms with Crippen LogP contribution in [-0.4, -0.2) is 15.5 Å². The van der Waals surface area contributed by atoms with Crippen molar-refractivity contribution in [2.75, 3.05) is 0 Å². The Labute approximate surface area is 157 Å². The molecule has 1 aromatic heterocycles. The first-order valence-corrected chi connectivity index (χ1v) is 8.72. The SMILES string of the molecule is CC(NC(=O)Cn1cnc2cccc(F)c21)c1ccc(C(C)(C)C#N)cc1. The first kappa shape index (κ1) is 18.6. The summed E-state index contributed by atoms with van der Waals surface area (Å²) in [5.74, 6) is -0.631. The van der Waals surface area contributed by atoms with Crippen LogP contribution < -0.4 is 5.32 Å². The van der Waals surface area contributed by atoms with Gasteiger partial charge in [-0.2, -0.15) is 5.26 Å². The highest BCUT2D eigenvalue weighted by atomic mass is 19.1. The maximum absolute atomic E-state index is 14.0. The average Bonchev–Trinajstić information content (AvgIpc) is 3.05. The lowest BCUT2D eigenvalue weighted by Crippen LogP contribution is -2.30. The fourth-order valence-electron chi connectivity index (χ4n) is 2.98. The van der Waals surface area contributed by atoms with Crippen molar-refractivity contribution in [2.24, 2.45) is 0 Å². The van der Waals surface area contributed by atoms with E-state index < -0.39 is 11.2 Å². The van der Waals surface area contributed by atoms with Gasteiger partial charge in [0, 0.05) is 0 Å². The molecule has 0 aliphatic heterocycles. The highest BCUT2D eigenvalue weighted by Gasteiger charge is 2.20. The number of aromatic nitrogens is 2. The van der Waals surface area contributed by atoms with Gasteiger partial charge in [-0.25, -0.2) is 9.37 Å². The Morgan fingerprint density at radius 3 is 2.67 bits per heavy atom. The van der Waals surface area contributed by atoms with E-state index in [9.17, 15) is 14.4 Å². The van der Waals surface area contributed by atoms with E-state index in [1.807, 2.05) is 45.0 Å². The molecule has 3 rings (SSSR count). The first-order valence-electron chi connectivity index (χ1n) is 8.72. The highest BCUT2D eigenvalue weighted by molar-refractivity contribution is 5.81. The Bertz CT molecular complexity index is 1010. The van der Waals surface area contributed by atoms with Crippen molar-refractivity contribution < 1.29 is 9.18 Å². The molecule has 6 heteroatoms. The summed E-state index contributed by atoms with van der Waals surface area (Å²) in [4.78, 5) is 16.5. The molecule has 0 aliphatic rings. The molecule has 1 amide bonds. The average molecular weight is 364 g/mol. The molecule has 0 fully saturated rings. The van der Waals surface area contributed by atoms with Crippen LogP contribution in [-0.2, 0) is 16.8 Å². The number of hydrogen-bond donors (Lipinski definition) is 1. The molecule has 3 aromatic rings. The van der Waals surface area contributed by atoms with E-state index in [4.69, 9.17) is 0 Å². The number of carbonyl (C=O) groups excluding carboxylic acids is 1. The number of nitrogens with zero attached hydrogens (tertiary/aromatic N) is 3. The van der Waals surface area contributed by atoms with E-state index in [1.54, 1.807) is 12.1 Å². The summed E-state index contributed by atoms with van der Waals surface area (Å²) in [6.45, 7) is 5.60. The van der Waals surface area contributed by atoms with Gasteiger partial charge in [0.15, 0.2) is 0 Å². The summed E-state index contributed by atoms with van der Waals surface area (Å²) in [5.41, 5.74) is 2.14. The Morgan fingerprint density at radius 2 is 2.00 bits per heavy atom.